The van der Waals surface area contributed by atoms with Gasteiger partial charge in [0.2, 0.25) is 0 Å². The number of benzene rings is 2. The second-order valence-electron chi connectivity index (χ2n) is 4.44. The van der Waals surface area contributed by atoms with Crippen LogP contribution in [0.15, 0.2) is 36.4 Å². The molecule has 0 heterocycles. The van der Waals surface area contributed by atoms with Crippen LogP contribution in [0.25, 0.3) is 0 Å². The number of nitrogens with zero attached hydrogens (tertiary/aromatic N) is 1. The maximum atomic E-state index is 12.9. The van der Waals surface area contributed by atoms with Gasteiger partial charge < -0.3 is 14.8 Å². The lowest BCUT2D eigenvalue weighted by Crippen LogP contribution is -2.20. The molecule has 5 nitrogen and oxygen atoms in total. The van der Waals surface area contributed by atoms with Gasteiger partial charge in [0.1, 0.15) is 5.82 Å². The Morgan fingerprint density at radius 1 is 1.30 bits per heavy atom. The number of amides is 1. The van der Waals surface area contributed by atoms with Gasteiger partial charge in [-0.15, -0.1) is 0 Å². The van der Waals surface area contributed by atoms with Gasteiger partial charge in [0, 0.05) is 6.07 Å². The number of ether oxygens (including phenoxy) is 2. The third kappa shape index (κ3) is 4.34. The summed E-state index contributed by atoms with van der Waals surface area (Å²) >= 11 is 5.83. The topological polar surface area (TPSA) is 71.3 Å². The molecule has 118 valence electrons. The lowest BCUT2D eigenvalue weighted by molar-refractivity contribution is -0.118. The molecule has 0 aliphatic carbocycles. The van der Waals surface area contributed by atoms with Crippen LogP contribution in [0.2, 0.25) is 5.02 Å². The van der Waals surface area contributed by atoms with Crippen LogP contribution in [0, 0.1) is 17.1 Å². The highest BCUT2D eigenvalue weighted by atomic mass is 35.5. The Morgan fingerprint density at radius 3 is 2.74 bits per heavy atom. The predicted molar refractivity (Wildman–Crippen MR) is 83.2 cm³/mol. The van der Waals surface area contributed by atoms with Crippen LogP contribution in [-0.2, 0) is 4.79 Å². The minimum atomic E-state index is -0.494. The molecule has 0 aliphatic rings. The highest BCUT2D eigenvalue weighted by Crippen LogP contribution is 2.28. The van der Waals surface area contributed by atoms with Crippen molar-refractivity contribution in [1.29, 1.82) is 5.26 Å². The van der Waals surface area contributed by atoms with Gasteiger partial charge >= 0.3 is 0 Å². The van der Waals surface area contributed by atoms with Crippen LogP contribution >= 0.6 is 11.6 Å². The lowest BCUT2D eigenvalue weighted by Gasteiger charge is -2.11. The number of methoxy groups -OCH3 is 1. The molecule has 2 aromatic rings. The van der Waals surface area contributed by atoms with Gasteiger partial charge in [0.25, 0.3) is 5.91 Å². The first-order valence-electron chi connectivity index (χ1n) is 6.49. The van der Waals surface area contributed by atoms with E-state index in [2.05, 4.69) is 5.32 Å². The average Bonchev–Trinajstić information content (AvgIpc) is 2.55. The fraction of sp³-hybridized carbons (Fsp3) is 0.125. The molecule has 0 aromatic heterocycles. The van der Waals surface area contributed by atoms with Crippen LogP contribution in [0.5, 0.6) is 11.5 Å². The second-order valence-corrected chi connectivity index (χ2v) is 4.85. The summed E-state index contributed by atoms with van der Waals surface area (Å²) in [6.07, 6.45) is 0. The summed E-state index contributed by atoms with van der Waals surface area (Å²) < 4.78 is 23.4. The van der Waals surface area contributed by atoms with Gasteiger partial charge in [-0.2, -0.15) is 5.26 Å². The molecule has 0 bridgehead atoms. The summed E-state index contributed by atoms with van der Waals surface area (Å²) in [4.78, 5) is 11.9. The first-order chi connectivity index (χ1) is 11.0. The number of hydrogen-bond donors (Lipinski definition) is 1. The zero-order chi connectivity index (χ0) is 16.8. The largest absolute Gasteiger partial charge is 0.493 e. The first-order valence-corrected chi connectivity index (χ1v) is 6.87. The van der Waals surface area contributed by atoms with Crippen molar-refractivity contribution in [1.82, 2.24) is 0 Å². The molecule has 0 spiro atoms. The number of hydrogen-bond acceptors (Lipinski definition) is 4. The molecule has 1 N–H and O–H groups in total. The number of nitriles is 1. The minimum Gasteiger partial charge on any atom is -0.493 e. The number of carbonyl (C=O) groups is 1. The molecule has 0 saturated carbocycles. The van der Waals surface area contributed by atoms with Crippen molar-refractivity contribution in [3.05, 3.63) is 52.8 Å². The Labute approximate surface area is 137 Å². The molecular weight excluding hydrogens is 323 g/mol. The Hall–Kier alpha value is -2.78. The summed E-state index contributed by atoms with van der Waals surface area (Å²) in [5.41, 5.74) is 0.699. The lowest BCUT2D eigenvalue weighted by atomic mass is 10.2. The smallest absolute Gasteiger partial charge is 0.262 e. The summed E-state index contributed by atoms with van der Waals surface area (Å²) in [6, 6.07) is 10.2. The van der Waals surface area contributed by atoms with Crippen molar-refractivity contribution in [3.8, 4) is 17.6 Å². The molecule has 0 aliphatic heterocycles. The number of rotatable bonds is 5. The van der Waals surface area contributed by atoms with Gasteiger partial charge in [-0.05, 0) is 30.3 Å². The van der Waals surface area contributed by atoms with E-state index in [1.807, 2.05) is 6.07 Å². The van der Waals surface area contributed by atoms with E-state index in [4.69, 9.17) is 26.3 Å². The average molecular weight is 335 g/mol. The van der Waals surface area contributed by atoms with Crippen LogP contribution in [0.4, 0.5) is 10.1 Å². The van der Waals surface area contributed by atoms with E-state index in [1.165, 1.54) is 31.4 Å². The van der Waals surface area contributed by atoms with E-state index >= 15 is 0 Å². The van der Waals surface area contributed by atoms with Gasteiger partial charge in [-0.25, -0.2) is 4.39 Å². The summed E-state index contributed by atoms with van der Waals surface area (Å²) in [5, 5.41) is 11.4. The van der Waals surface area contributed by atoms with Gasteiger partial charge in [0.05, 0.1) is 29.5 Å². The van der Waals surface area contributed by atoms with Crippen molar-refractivity contribution >= 4 is 23.2 Å². The first kappa shape index (κ1) is 16.6. The number of halogens is 2. The Bertz CT molecular complexity index is 774. The van der Waals surface area contributed by atoms with E-state index < -0.39 is 11.7 Å². The fourth-order valence-electron chi connectivity index (χ4n) is 1.78. The van der Waals surface area contributed by atoms with E-state index in [-0.39, 0.29) is 17.3 Å². The van der Waals surface area contributed by atoms with Gasteiger partial charge in [-0.3, -0.25) is 4.79 Å². The fourth-order valence-corrected chi connectivity index (χ4v) is 1.99. The van der Waals surface area contributed by atoms with E-state index in [0.717, 1.165) is 6.07 Å². The van der Waals surface area contributed by atoms with E-state index in [9.17, 15) is 9.18 Å². The van der Waals surface area contributed by atoms with Crippen LogP contribution in [0.1, 0.15) is 5.56 Å². The standard InChI is InChI=1S/C16H12ClFN2O3/c1-22-15-6-10(8-19)2-5-14(15)23-9-16(21)20-13-4-3-11(18)7-12(13)17/h2-7H,9H2,1H3,(H,20,21). The van der Waals surface area contributed by atoms with Crippen LogP contribution in [0.3, 0.4) is 0 Å². The van der Waals surface area contributed by atoms with Crippen LogP contribution in [-0.4, -0.2) is 19.6 Å². The van der Waals surface area contributed by atoms with E-state index in [0.29, 0.717) is 17.1 Å². The maximum absolute atomic E-state index is 12.9. The van der Waals surface area contributed by atoms with Gasteiger partial charge in [-0.1, -0.05) is 11.6 Å². The normalized spacial score (nSPS) is 9.83. The molecule has 7 heteroatoms. The number of nitrogens with one attached hydrogen (secondary N) is 1. The molecule has 0 atom stereocenters. The highest BCUT2D eigenvalue weighted by Gasteiger charge is 2.10. The van der Waals surface area contributed by atoms with E-state index in [1.54, 1.807) is 6.07 Å². The summed E-state index contributed by atoms with van der Waals surface area (Å²) in [5.74, 6) is -0.292. The SMILES string of the molecule is COc1cc(C#N)ccc1OCC(=O)Nc1ccc(F)cc1Cl. The minimum absolute atomic E-state index is 0.0919. The molecule has 0 radical (unpaired) electrons. The second kappa shape index (κ2) is 7.47. The molecular formula is C16H12ClFN2O3. The summed E-state index contributed by atoms with van der Waals surface area (Å²) in [6.45, 7) is -0.296. The molecule has 23 heavy (non-hydrogen) atoms. The number of carbonyl (C=O) groups excluding carboxylic acids is 1. The van der Waals surface area contributed by atoms with Crippen molar-refractivity contribution in [2.24, 2.45) is 0 Å². The number of anilines is 1. The Kier molecular flexibility index (Phi) is 5.39. The highest BCUT2D eigenvalue weighted by molar-refractivity contribution is 6.33. The van der Waals surface area contributed by atoms with Crippen LogP contribution < -0.4 is 14.8 Å². The van der Waals surface area contributed by atoms with Crippen molar-refractivity contribution in [3.63, 3.8) is 0 Å². The molecule has 2 aromatic carbocycles. The zero-order valence-corrected chi connectivity index (χ0v) is 12.9. The molecule has 0 fully saturated rings. The quantitative estimate of drug-likeness (QED) is 0.910. The monoisotopic (exact) mass is 334 g/mol. The third-order valence-electron chi connectivity index (χ3n) is 2.86. The predicted octanol–water partition coefficient (Wildman–Crippen LogP) is 3.38. The molecule has 1 amide bonds. The Morgan fingerprint density at radius 2 is 2.09 bits per heavy atom. The third-order valence-corrected chi connectivity index (χ3v) is 3.17. The molecule has 2 rings (SSSR count). The molecule has 0 saturated heterocycles. The van der Waals surface area contributed by atoms with Gasteiger partial charge in [0.15, 0.2) is 18.1 Å². The zero-order valence-electron chi connectivity index (χ0n) is 12.1. The van der Waals surface area contributed by atoms with Crippen molar-refractivity contribution in [2.45, 2.75) is 0 Å². The van der Waals surface area contributed by atoms with Crippen molar-refractivity contribution in [2.75, 3.05) is 19.0 Å². The molecule has 0 unspecified atom stereocenters. The summed E-state index contributed by atoms with van der Waals surface area (Å²) in [7, 11) is 1.43. The Balaban J connectivity index is 2.00. The maximum Gasteiger partial charge on any atom is 0.262 e. The van der Waals surface area contributed by atoms with Crippen molar-refractivity contribution < 1.29 is 18.7 Å².